The summed E-state index contributed by atoms with van der Waals surface area (Å²) in [7, 11) is 0. The molecule has 1 aromatic rings. The van der Waals surface area contributed by atoms with Crippen LogP contribution in [0, 0.1) is 17.2 Å². The maximum Gasteiger partial charge on any atom is 0.217 e. The summed E-state index contributed by atoms with van der Waals surface area (Å²) in [4.78, 5) is 13.3. The monoisotopic (exact) mass is 291 g/mol. The number of hydrogen-bond acceptors (Lipinski definition) is 3. The molecule has 5 heteroatoms. The van der Waals surface area contributed by atoms with E-state index in [4.69, 9.17) is 22.6 Å². The van der Waals surface area contributed by atoms with Crippen LogP contribution in [0.4, 0.5) is 5.69 Å². The number of anilines is 1. The van der Waals surface area contributed by atoms with Crippen LogP contribution < -0.4 is 10.6 Å². The predicted molar refractivity (Wildman–Crippen MR) is 79.5 cm³/mol. The van der Waals surface area contributed by atoms with E-state index in [0.717, 1.165) is 38.0 Å². The topological polar surface area (TPSA) is 70.1 Å². The Morgan fingerprint density at radius 3 is 2.90 bits per heavy atom. The second-order valence-electron chi connectivity index (χ2n) is 5.23. The summed E-state index contributed by atoms with van der Waals surface area (Å²) < 4.78 is 0. The van der Waals surface area contributed by atoms with Crippen molar-refractivity contribution in [2.75, 3.05) is 18.0 Å². The summed E-state index contributed by atoms with van der Waals surface area (Å²) >= 11 is 6.08. The lowest BCUT2D eigenvalue weighted by Gasteiger charge is -2.23. The third-order valence-corrected chi connectivity index (χ3v) is 4.09. The fourth-order valence-corrected chi connectivity index (χ4v) is 2.92. The van der Waals surface area contributed by atoms with Crippen LogP contribution in [0.25, 0.3) is 0 Å². The van der Waals surface area contributed by atoms with Crippen molar-refractivity contribution in [3.8, 4) is 6.07 Å². The number of amides is 1. The van der Waals surface area contributed by atoms with E-state index in [-0.39, 0.29) is 5.91 Å². The zero-order chi connectivity index (χ0) is 14.5. The first-order valence-electron chi connectivity index (χ1n) is 6.83. The zero-order valence-corrected chi connectivity index (χ0v) is 12.1. The first-order valence-corrected chi connectivity index (χ1v) is 7.21. The molecular weight excluding hydrogens is 274 g/mol. The fourth-order valence-electron chi connectivity index (χ4n) is 2.70. The van der Waals surface area contributed by atoms with Gasteiger partial charge in [-0.1, -0.05) is 11.6 Å². The van der Waals surface area contributed by atoms with Gasteiger partial charge in [0.2, 0.25) is 5.91 Å². The average Bonchev–Trinajstić information content (AvgIpc) is 2.63. The Labute approximate surface area is 124 Å². The summed E-state index contributed by atoms with van der Waals surface area (Å²) in [5.41, 5.74) is 6.80. The van der Waals surface area contributed by atoms with E-state index in [1.165, 1.54) is 0 Å². The molecule has 4 nitrogen and oxygen atoms in total. The molecule has 1 fully saturated rings. The average molecular weight is 292 g/mol. The second kappa shape index (κ2) is 6.62. The first-order chi connectivity index (χ1) is 9.60. The normalized spacial score (nSPS) is 19.2. The van der Waals surface area contributed by atoms with Crippen LogP contribution in [0.15, 0.2) is 18.2 Å². The van der Waals surface area contributed by atoms with Crippen LogP contribution in [0.2, 0.25) is 5.02 Å². The molecule has 0 radical (unpaired) electrons. The molecule has 0 aliphatic carbocycles. The third kappa shape index (κ3) is 3.64. The van der Waals surface area contributed by atoms with Gasteiger partial charge in [-0.15, -0.1) is 0 Å². The lowest BCUT2D eigenvalue weighted by atomic mass is 9.97. The van der Waals surface area contributed by atoms with Gasteiger partial charge in [0, 0.05) is 25.2 Å². The van der Waals surface area contributed by atoms with Gasteiger partial charge in [0.05, 0.1) is 10.6 Å². The van der Waals surface area contributed by atoms with Gasteiger partial charge in [0.1, 0.15) is 6.07 Å². The zero-order valence-electron chi connectivity index (χ0n) is 11.3. The molecule has 106 valence electrons. The maximum absolute atomic E-state index is 11.0. The molecule has 1 atom stereocenters. The minimum Gasteiger partial charge on any atom is -0.371 e. The Hall–Kier alpha value is -1.73. The number of hydrogen-bond donors (Lipinski definition) is 1. The number of halogens is 1. The molecule has 1 amide bonds. The molecule has 0 spiro atoms. The number of rotatable bonds is 3. The molecule has 1 saturated heterocycles. The van der Waals surface area contributed by atoms with Crippen molar-refractivity contribution in [3.05, 3.63) is 28.8 Å². The van der Waals surface area contributed by atoms with Gasteiger partial charge in [-0.05, 0) is 43.4 Å². The van der Waals surface area contributed by atoms with Crippen LogP contribution in [-0.4, -0.2) is 19.0 Å². The molecule has 0 bridgehead atoms. The smallest absolute Gasteiger partial charge is 0.217 e. The highest BCUT2D eigenvalue weighted by atomic mass is 35.5. The molecular formula is C15H18ClN3O. The number of nitriles is 1. The maximum atomic E-state index is 11.0. The minimum absolute atomic E-state index is 0.218. The number of nitrogens with two attached hydrogens (primary N) is 1. The highest BCUT2D eigenvalue weighted by Crippen LogP contribution is 2.27. The van der Waals surface area contributed by atoms with Gasteiger partial charge in [-0.3, -0.25) is 4.79 Å². The summed E-state index contributed by atoms with van der Waals surface area (Å²) in [6, 6.07) is 7.59. The molecule has 1 aliphatic heterocycles. The van der Waals surface area contributed by atoms with Crippen LogP contribution >= 0.6 is 11.6 Å². The Kier molecular flexibility index (Phi) is 4.86. The number of carbonyl (C=O) groups is 1. The molecule has 20 heavy (non-hydrogen) atoms. The number of primary amides is 1. The molecule has 0 aromatic heterocycles. The van der Waals surface area contributed by atoms with Crippen molar-refractivity contribution in [3.63, 3.8) is 0 Å². The van der Waals surface area contributed by atoms with Crippen molar-refractivity contribution in [2.45, 2.75) is 25.7 Å². The van der Waals surface area contributed by atoms with Crippen molar-refractivity contribution in [1.29, 1.82) is 5.26 Å². The van der Waals surface area contributed by atoms with E-state index >= 15 is 0 Å². The first kappa shape index (κ1) is 14.7. The van der Waals surface area contributed by atoms with Crippen molar-refractivity contribution in [1.82, 2.24) is 0 Å². The number of nitrogens with zero attached hydrogens (tertiary/aromatic N) is 2. The number of carbonyl (C=O) groups excluding carboxylic acids is 1. The largest absolute Gasteiger partial charge is 0.371 e. The molecule has 1 heterocycles. The van der Waals surface area contributed by atoms with Gasteiger partial charge in [0.15, 0.2) is 0 Å². The van der Waals surface area contributed by atoms with Gasteiger partial charge in [-0.2, -0.15) is 5.26 Å². The van der Waals surface area contributed by atoms with Crippen molar-refractivity contribution in [2.24, 2.45) is 11.7 Å². The van der Waals surface area contributed by atoms with E-state index < -0.39 is 0 Å². The van der Waals surface area contributed by atoms with Gasteiger partial charge >= 0.3 is 0 Å². The quantitative estimate of drug-likeness (QED) is 0.931. The number of benzene rings is 1. The van der Waals surface area contributed by atoms with Gasteiger partial charge in [0.25, 0.3) is 0 Å². The van der Waals surface area contributed by atoms with Gasteiger partial charge < -0.3 is 10.6 Å². The van der Waals surface area contributed by atoms with Crippen LogP contribution in [0.3, 0.4) is 0 Å². The lowest BCUT2D eigenvalue weighted by Crippen LogP contribution is -2.24. The van der Waals surface area contributed by atoms with E-state index in [1.807, 2.05) is 12.1 Å². The molecule has 1 unspecified atom stereocenters. The predicted octanol–water partition coefficient (Wildman–Crippen LogP) is 2.69. The fraction of sp³-hybridized carbons (Fsp3) is 0.467. The summed E-state index contributed by atoms with van der Waals surface area (Å²) in [5, 5.41) is 9.38. The highest BCUT2D eigenvalue weighted by molar-refractivity contribution is 6.32. The molecule has 2 N–H and O–H groups in total. The van der Waals surface area contributed by atoms with Crippen molar-refractivity contribution >= 4 is 23.2 Å². The van der Waals surface area contributed by atoms with Crippen LogP contribution in [0.5, 0.6) is 0 Å². The Bertz CT molecular complexity index is 538. The molecule has 0 saturated carbocycles. The standard InChI is InChI=1S/C15H18ClN3O/c16-14-9-13(4-3-12(14)10-17)19-6-1-2-11(5-7-19)8-15(18)20/h3-4,9,11H,1-2,5-8H2,(H2,18,20). The Balaban J connectivity index is 2.05. The summed E-state index contributed by atoms with van der Waals surface area (Å²) in [5.74, 6) is 0.163. The van der Waals surface area contributed by atoms with E-state index in [1.54, 1.807) is 6.07 Å². The molecule has 1 aliphatic rings. The molecule has 2 rings (SSSR count). The minimum atomic E-state index is -0.218. The summed E-state index contributed by atoms with van der Waals surface area (Å²) in [6.45, 7) is 1.83. The van der Waals surface area contributed by atoms with E-state index in [0.29, 0.717) is 22.9 Å². The van der Waals surface area contributed by atoms with E-state index in [9.17, 15) is 4.79 Å². The van der Waals surface area contributed by atoms with Crippen LogP contribution in [-0.2, 0) is 4.79 Å². The molecule has 1 aromatic carbocycles. The Morgan fingerprint density at radius 2 is 2.25 bits per heavy atom. The summed E-state index contributed by atoms with van der Waals surface area (Å²) in [6.07, 6.45) is 3.50. The van der Waals surface area contributed by atoms with Gasteiger partial charge in [-0.25, -0.2) is 0 Å². The highest BCUT2D eigenvalue weighted by Gasteiger charge is 2.19. The SMILES string of the molecule is N#Cc1ccc(N2CCCC(CC(N)=O)CC2)cc1Cl. The second-order valence-corrected chi connectivity index (χ2v) is 5.64. The lowest BCUT2D eigenvalue weighted by molar-refractivity contribution is -0.118. The van der Waals surface area contributed by atoms with Crippen molar-refractivity contribution < 1.29 is 4.79 Å². The Morgan fingerprint density at radius 1 is 1.45 bits per heavy atom. The van der Waals surface area contributed by atoms with E-state index in [2.05, 4.69) is 11.0 Å². The van der Waals surface area contributed by atoms with Crippen LogP contribution in [0.1, 0.15) is 31.2 Å². The third-order valence-electron chi connectivity index (χ3n) is 3.78.